The predicted molar refractivity (Wildman–Crippen MR) is 232 cm³/mol. The molecule has 0 saturated carbocycles. The van der Waals surface area contributed by atoms with E-state index in [1.165, 1.54) is 103 Å². The zero-order valence-electron chi connectivity index (χ0n) is 36.7. The number of nitrogens with one attached hydrogen (secondary N) is 1. The van der Waals surface area contributed by atoms with Crippen LogP contribution in [0.25, 0.3) is 0 Å². The van der Waals surface area contributed by atoms with Crippen LogP contribution in [0.4, 0.5) is 0 Å². The summed E-state index contributed by atoms with van der Waals surface area (Å²) >= 11 is 0. The molecular formula is C43H77NO15S2. The SMILES string of the molecule is CCCCCCCCCCCCOc1cc(OCCCCCCCCCCCC)cc(C(=O)NCCCCCCOC2OC(COS(=O)(=O)O)C(OS(=O)(=O)O)C(O)C2O)c1. The van der Waals surface area contributed by atoms with Gasteiger partial charge in [0.2, 0.25) is 0 Å². The Labute approximate surface area is 366 Å². The molecule has 61 heavy (non-hydrogen) atoms. The van der Waals surface area contributed by atoms with Gasteiger partial charge in [-0.05, 0) is 37.8 Å². The van der Waals surface area contributed by atoms with Crippen LogP contribution in [0.5, 0.6) is 11.5 Å². The summed E-state index contributed by atoms with van der Waals surface area (Å²) in [5.41, 5.74) is 0.463. The van der Waals surface area contributed by atoms with Crippen LogP contribution in [0.2, 0.25) is 0 Å². The minimum absolute atomic E-state index is 0.0321. The fourth-order valence-corrected chi connectivity index (χ4v) is 7.93. The summed E-state index contributed by atoms with van der Waals surface area (Å²) in [6.07, 6.45) is 18.2. The van der Waals surface area contributed by atoms with Crippen molar-refractivity contribution in [3.8, 4) is 11.5 Å². The van der Waals surface area contributed by atoms with Crippen molar-refractivity contribution in [3.63, 3.8) is 0 Å². The topological polar surface area (TPSA) is 234 Å². The fraction of sp³-hybridized carbons (Fsp3) is 0.837. The molecule has 1 aromatic rings. The molecule has 5 atom stereocenters. The molecule has 2 rings (SSSR count). The lowest BCUT2D eigenvalue weighted by Crippen LogP contribution is -2.60. The monoisotopic (exact) mass is 911 g/mol. The summed E-state index contributed by atoms with van der Waals surface area (Å²) in [7, 11) is -10.1. The number of hydrogen-bond donors (Lipinski definition) is 5. The van der Waals surface area contributed by atoms with Crippen LogP contribution in [0.1, 0.15) is 178 Å². The van der Waals surface area contributed by atoms with E-state index in [4.69, 9.17) is 28.1 Å². The number of carbonyl (C=O) groups is 1. The molecule has 1 aromatic carbocycles. The van der Waals surface area contributed by atoms with Crippen molar-refractivity contribution >= 4 is 26.7 Å². The second-order valence-electron chi connectivity index (χ2n) is 16.0. The van der Waals surface area contributed by atoms with E-state index in [9.17, 15) is 31.8 Å². The van der Waals surface area contributed by atoms with Gasteiger partial charge in [-0.15, -0.1) is 0 Å². The number of unbranched alkanes of at least 4 members (excludes halogenated alkanes) is 21. The van der Waals surface area contributed by atoms with E-state index >= 15 is 0 Å². The minimum Gasteiger partial charge on any atom is -0.493 e. The third-order valence-corrected chi connectivity index (χ3v) is 11.5. The van der Waals surface area contributed by atoms with Crippen molar-refractivity contribution < 1.29 is 68.3 Å². The maximum absolute atomic E-state index is 13.3. The van der Waals surface area contributed by atoms with Crippen LogP contribution >= 0.6 is 0 Å². The number of hydrogen-bond acceptors (Lipinski definition) is 13. The van der Waals surface area contributed by atoms with Crippen LogP contribution in [0, 0.1) is 0 Å². The summed E-state index contributed by atoms with van der Waals surface area (Å²) < 4.78 is 94.2. The molecule has 0 aliphatic carbocycles. The summed E-state index contributed by atoms with van der Waals surface area (Å²) in [5, 5.41) is 23.8. The van der Waals surface area contributed by atoms with Gasteiger partial charge in [0, 0.05) is 24.8 Å². The highest BCUT2D eigenvalue weighted by atomic mass is 32.3. The summed E-state index contributed by atoms with van der Waals surface area (Å²) in [6.45, 7) is 5.05. The Bertz CT molecular complexity index is 1470. The van der Waals surface area contributed by atoms with Gasteiger partial charge in [-0.1, -0.05) is 142 Å². The molecule has 1 aliphatic heterocycles. The number of carbonyl (C=O) groups excluding carboxylic acids is 1. The first-order chi connectivity index (χ1) is 29.2. The van der Waals surface area contributed by atoms with E-state index in [0.29, 0.717) is 62.5 Å². The molecule has 356 valence electrons. The molecule has 1 heterocycles. The van der Waals surface area contributed by atoms with Crippen molar-refractivity contribution in [1.29, 1.82) is 0 Å². The maximum atomic E-state index is 13.3. The van der Waals surface area contributed by atoms with Crippen LogP contribution < -0.4 is 14.8 Å². The van der Waals surface area contributed by atoms with E-state index in [-0.39, 0.29) is 12.5 Å². The third kappa shape index (κ3) is 27.0. The van der Waals surface area contributed by atoms with Crippen molar-refractivity contribution in [2.45, 2.75) is 199 Å². The lowest BCUT2D eigenvalue weighted by molar-refractivity contribution is -0.296. The first kappa shape index (κ1) is 55.0. The first-order valence-electron chi connectivity index (χ1n) is 22.8. The highest BCUT2D eigenvalue weighted by Crippen LogP contribution is 2.27. The standard InChI is InChI=1S/C43H77NO15S2/c1-3-5-7-9-11-13-15-17-20-24-28-54-36-31-35(32-37(33-36)55-29-25-21-18-16-14-12-10-8-6-4-2)42(47)44-27-23-19-22-26-30-56-43-40(46)39(45)41(59-61(51,52)53)38(58-43)34-57-60(48,49)50/h31-33,38-41,43,45-46H,3-30,34H2,1-2H3,(H,44,47)(H,48,49,50)(H,51,52,53). The van der Waals surface area contributed by atoms with Gasteiger partial charge in [-0.2, -0.15) is 16.8 Å². The number of amides is 1. The third-order valence-electron chi connectivity index (χ3n) is 10.6. The van der Waals surface area contributed by atoms with E-state index in [1.807, 2.05) is 6.07 Å². The van der Waals surface area contributed by atoms with Gasteiger partial charge in [-0.3, -0.25) is 13.9 Å². The molecular weight excluding hydrogens is 835 g/mol. The van der Waals surface area contributed by atoms with Gasteiger partial charge < -0.3 is 34.5 Å². The van der Waals surface area contributed by atoms with Crippen LogP contribution in [-0.2, 0) is 38.6 Å². The fourth-order valence-electron chi connectivity index (χ4n) is 7.10. The second kappa shape index (κ2) is 32.5. The van der Waals surface area contributed by atoms with E-state index in [0.717, 1.165) is 25.7 Å². The van der Waals surface area contributed by atoms with E-state index in [1.54, 1.807) is 12.1 Å². The zero-order valence-corrected chi connectivity index (χ0v) is 38.4. The van der Waals surface area contributed by atoms with Crippen molar-refractivity contribution in [3.05, 3.63) is 23.8 Å². The zero-order chi connectivity index (χ0) is 44.8. The summed E-state index contributed by atoms with van der Waals surface area (Å²) in [5.74, 6) is 0.988. The lowest BCUT2D eigenvalue weighted by Gasteiger charge is -2.41. The highest BCUT2D eigenvalue weighted by molar-refractivity contribution is 7.81. The lowest BCUT2D eigenvalue weighted by atomic mass is 9.99. The maximum Gasteiger partial charge on any atom is 0.397 e. The van der Waals surface area contributed by atoms with Crippen molar-refractivity contribution in [2.24, 2.45) is 0 Å². The number of aliphatic hydroxyl groups is 2. The van der Waals surface area contributed by atoms with Gasteiger partial charge >= 0.3 is 20.8 Å². The molecule has 5 N–H and O–H groups in total. The molecule has 0 bridgehead atoms. The average Bonchev–Trinajstić information content (AvgIpc) is 3.21. The first-order valence-corrected chi connectivity index (χ1v) is 25.6. The summed E-state index contributed by atoms with van der Waals surface area (Å²) in [4.78, 5) is 13.3. The second-order valence-corrected chi connectivity index (χ2v) is 18.2. The largest absolute Gasteiger partial charge is 0.493 e. The number of aliphatic hydroxyl groups excluding tert-OH is 2. The van der Waals surface area contributed by atoms with Crippen LogP contribution in [0.3, 0.4) is 0 Å². The van der Waals surface area contributed by atoms with Gasteiger partial charge in [-0.25, -0.2) is 8.37 Å². The van der Waals surface area contributed by atoms with E-state index < -0.39 is 58.1 Å². The molecule has 0 spiro atoms. The predicted octanol–water partition coefficient (Wildman–Crippen LogP) is 8.05. The molecule has 1 amide bonds. The van der Waals surface area contributed by atoms with Gasteiger partial charge in [0.05, 0.1) is 19.8 Å². The molecule has 1 saturated heterocycles. The quantitative estimate of drug-likeness (QED) is 0.0312. The Morgan fingerprint density at radius 1 is 0.607 bits per heavy atom. The average molecular weight is 912 g/mol. The Kier molecular flexibility index (Phi) is 29.3. The normalized spacial score (nSPS) is 19.5. The molecule has 5 unspecified atom stereocenters. The molecule has 1 aliphatic rings. The minimum atomic E-state index is -5.16. The van der Waals surface area contributed by atoms with Crippen molar-refractivity contribution in [2.75, 3.05) is 33.0 Å². The van der Waals surface area contributed by atoms with Crippen LogP contribution in [0.15, 0.2) is 18.2 Å². The molecule has 1 fully saturated rings. The van der Waals surface area contributed by atoms with Gasteiger partial charge in [0.1, 0.15) is 35.9 Å². The molecule has 16 nitrogen and oxygen atoms in total. The Hall–Kier alpha value is -2.13. The highest BCUT2D eigenvalue weighted by Gasteiger charge is 2.48. The number of benzene rings is 1. The summed E-state index contributed by atoms with van der Waals surface area (Å²) in [6, 6.07) is 5.37. The van der Waals surface area contributed by atoms with Crippen molar-refractivity contribution in [1.82, 2.24) is 5.32 Å². The smallest absolute Gasteiger partial charge is 0.397 e. The van der Waals surface area contributed by atoms with E-state index in [2.05, 4.69) is 27.5 Å². The van der Waals surface area contributed by atoms with Gasteiger partial charge in [0.25, 0.3) is 5.91 Å². The Morgan fingerprint density at radius 3 is 1.51 bits per heavy atom. The molecule has 0 aromatic heterocycles. The molecule has 18 heteroatoms. The van der Waals surface area contributed by atoms with Gasteiger partial charge in [0.15, 0.2) is 6.29 Å². The molecule has 0 radical (unpaired) electrons. The number of ether oxygens (including phenoxy) is 4. The number of rotatable bonds is 38. The Balaban J connectivity index is 1.80. The Morgan fingerprint density at radius 2 is 1.05 bits per heavy atom. The van der Waals surface area contributed by atoms with Crippen LogP contribution in [-0.4, -0.2) is 106 Å².